The quantitative estimate of drug-likeness (QED) is 0.580. The van der Waals surface area contributed by atoms with Crippen molar-refractivity contribution in [1.29, 1.82) is 0 Å². The number of alkyl halides is 2. The summed E-state index contributed by atoms with van der Waals surface area (Å²) in [7, 11) is 0. The molecule has 1 aliphatic rings. The van der Waals surface area contributed by atoms with Crippen molar-refractivity contribution in [1.82, 2.24) is 10.2 Å². The molecule has 2 aromatic carbocycles. The summed E-state index contributed by atoms with van der Waals surface area (Å²) >= 11 is 0. The maximum atomic E-state index is 13.2. The van der Waals surface area contributed by atoms with Gasteiger partial charge in [-0.25, -0.2) is 0 Å². The normalized spacial score (nSPS) is 15.4. The zero-order valence-corrected chi connectivity index (χ0v) is 19.2. The number of amides is 2. The minimum Gasteiger partial charge on any atom is -0.435 e. The van der Waals surface area contributed by atoms with E-state index in [9.17, 15) is 18.4 Å². The summed E-state index contributed by atoms with van der Waals surface area (Å²) in [5, 5.41) is 6.25. The molecule has 3 rings (SSSR count). The van der Waals surface area contributed by atoms with E-state index in [1.54, 1.807) is 35.2 Å². The van der Waals surface area contributed by atoms with E-state index in [0.29, 0.717) is 48.8 Å². The van der Waals surface area contributed by atoms with Gasteiger partial charge in [-0.3, -0.25) is 9.59 Å². The molecule has 1 atom stereocenters. The lowest BCUT2D eigenvalue weighted by Crippen LogP contribution is -2.45. The van der Waals surface area contributed by atoms with Crippen LogP contribution in [-0.2, 0) is 4.79 Å². The van der Waals surface area contributed by atoms with Crippen molar-refractivity contribution in [2.45, 2.75) is 46.3 Å². The van der Waals surface area contributed by atoms with Crippen LogP contribution in [0.2, 0.25) is 0 Å². The molecule has 0 saturated carbocycles. The van der Waals surface area contributed by atoms with Crippen molar-refractivity contribution in [2.75, 3.05) is 18.4 Å². The molecule has 2 amide bonds. The van der Waals surface area contributed by atoms with Gasteiger partial charge in [0.25, 0.3) is 5.91 Å². The van der Waals surface area contributed by atoms with E-state index in [-0.39, 0.29) is 29.5 Å². The van der Waals surface area contributed by atoms with Crippen LogP contribution in [0.3, 0.4) is 0 Å². The van der Waals surface area contributed by atoms with Gasteiger partial charge in [-0.05, 0) is 62.1 Å². The number of anilines is 2. The van der Waals surface area contributed by atoms with Gasteiger partial charge in [0.1, 0.15) is 5.75 Å². The Labute approximate surface area is 193 Å². The molecule has 6 nitrogen and oxygen atoms in total. The number of carbonyl (C=O) groups excluding carboxylic acids is 2. The Balaban J connectivity index is 1.62. The van der Waals surface area contributed by atoms with Gasteiger partial charge in [0, 0.05) is 30.7 Å². The molecule has 178 valence electrons. The van der Waals surface area contributed by atoms with E-state index in [1.165, 1.54) is 12.1 Å². The number of hydrogen-bond donors (Lipinski definition) is 2. The number of carbonyl (C=O) groups is 2. The van der Waals surface area contributed by atoms with Gasteiger partial charge in [0.15, 0.2) is 0 Å². The van der Waals surface area contributed by atoms with E-state index in [4.69, 9.17) is 0 Å². The number of benzene rings is 2. The minimum atomic E-state index is -2.88. The summed E-state index contributed by atoms with van der Waals surface area (Å²) < 4.78 is 29.0. The van der Waals surface area contributed by atoms with Gasteiger partial charge in [-0.2, -0.15) is 8.78 Å². The van der Waals surface area contributed by atoms with Crippen LogP contribution in [0.1, 0.15) is 44.0 Å². The van der Waals surface area contributed by atoms with Crippen molar-refractivity contribution >= 4 is 23.2 Å². The number of rotatable bonds is 8. The van der Waals surface area contributed by atoms with Crippen molar-refractivity contribution in [3.8, 4) is 5.75 Å². The lowest BCUT2D eigenvalue weighted by Gasteiger charge is -2.32. The molecule has 0 bridgehead atoms. The fraction of sp³-hybridized carbons (Fsp3) is 0.440. The molecule has 33 heavy (non-hydrogen) atoms. The second-order valence-corrected chi connectivity index (χ2v) is 8.68. The van der Waals surface area contributed by atoms with Crippen LogP contribution in [-0.4, -0.2) is 42.5 Å². The molecule has 1 saturated heterocycles. The molecular formula is C25H31F2N3O3. The maximum Gasteiger partial charge on any atom is 0.387 e. The number of likely N-dealkylation sites (tertiary alicyclic amines) is 1. The van der Waals surface area contributed by atoms with Gasteiger partial charge in [-0.15, -0.1) is 0 Å². The highest BCUT2D eigenvalue weighted by atomic mass is 19.3. The molecule has 1 aliphatic heterocycles. The number of halogens is 2. The summed E-state index contributed by atoms with van der Waals surface area (Å²) in [6.45, 7) is 4.30. The van der Waals surface area contributed by atoms with Crippen LogP contribution < -0.4 is 15.4 Å². The number of nitrogens with one attached hydrogen (secondary N) is 2. The van der Waals surface area contributed by atoms with Gasteiger partial charge in [-0.1, -0.05) is 26.0 Å². The highest BCUT2D eigenvalue weighted by Crippen LogP contribution is 2.26. The number of para-hydroxylation sites is 1. The molecule has 2 N–H and O–H groups in total. The van der Waals surface area contributed by atoms with E-state index < -0.39 is 6.61 Å². The topological polar surface area (TPSA) is 70.7 Å². The molecule has 0 aromatic heterocycles. The smallest absolute Gasteiger partial charge is 0.387 e. The molecule has 8 heteroatoms. The molecule has 1 fully saturated rings. The Morgan fingerprint density at radius 3 is 2.24 bits per heavy atom. The van der Waals surface area contributed by atoms with E-state index in [1.807, 2.05) is 13.0 Å². The second-order valence-electron chi connectivity index (χ2n) is 8.68. The summed E-state index contributed by atoms with van der Waals surface area (Å²) in [6.07, 6.45) is 1.26. The lowest BCUT2D eigenvalue weighted by molar-refractivity contribution is -0.127. The number of hydrogen-bond acceptors (Lipinski definition) is 4. The lowest BCUT2D eigenvalue weighted by atomic mass is 9.94. The molecular weight excluding hydrogens is 428 g/mol. The number of ether oxygens (including phenoxy) is 1. The van der Waals surface area contributed by atoms with Crippen LogP contribution >= 0.6 is 0 Å². The van der Waals surface area contributed by atoms with E-state index in [2.05, 4.69) is 29.2 Å². The molecule has 0 spiro atoms. The van der Waals surface area contributed by atoms with Crippen LogP contribution in [0.15, 0.2) is 48.5 Å². The molecule has 1 unspecified atom stereocenters. The molecule has 2 aromatic rings. The Hall–Kier alpha value is -3.16. The summed E-state index contributed by atoms with van der Waals surface area (Å²) in [5.74, 6) is 0.301. The number of nitrogens with zero attached hydrogens (tertiary/aromatic N) is 1. The third-order valence-corrected chi connectivity index (χ3v) is 6.04. The maximum absolute atomic E-state index is 13.2. The van der Waals surface area contributed by atoms with Crippen LogP contribution in [0.5, 0.6) is 5.75 Å². The zero-order chi connectivity index (χ0) is 24.0. The third-order valence-electron chi connectivity index (χ3n) is 6.04. The van der Waals surface area contributed by atoms with E-state index >= 15 is 0 Å². The molecule has 0 aliphatic carbocycles. The SMILES string of the molecule is CC(C)C(C)NC(=O)C1CCN(C(=O)c2ccccc2Nc2ccc(OC(F)F)cc2)CC1. The molecule has 0 radical (unpaired) electrons. The summed E-state index contributed by atoms with van der Waals surface area (Å²) in [4.78, 5) is 27.5. The highest BCUT2D eigenvalue weighted by molar-refractivity contribution is 6.00. The van der Waals surface area contributed by atoms with Crippen molar-refractivity contribution in [2.24, 2.45) is 11.8 Å². The average Bonchev–Trinajstić information content (AvgIpc) is 2.80. The Bertz CT molecular complexity index is 942. The fourth-order valence-corrected chi connectivity index (χ4v) is 3.68. The minimum absolute atomic E-state index is 0.0598. The fourth-order valence-electron chi connectivity index (χ4n) is 3.68. The monoisotopic (exact) mass is 459 g/mol. The van der Waals surface area contributed by atoms with Gasteiger partial charge >= 0.3 is 6.61 Å². The van der Waals surface area contributed by atoms with Crippen LogP contribution in [0.4, 0.5) is 20.2 Å². The Morgan fingerprint density at radius 1 is 1.00 bits per heavy atom. The van der Waals surface area contributed by atoms with Crippen LogP contribution in [0, 0.1) is 11.8 Å². The first-order valence-corrected chi connectivity index (χ1v) is 11.2. The van der Waals surface area contributed by atoms with Gasteiger partial charge in [0.05, 0.1) is 11.3 Å². The van der Waals surface area contributed by atoms with Crippen molar-refractivity contribution < 1.29 is 23.1 Å². The summed E-state index contributed by atoms with van der Waals surface area (Å²) in [5.41, 5.74) is 1.78. The first-order chi connectivity index (χ1) is 15.7. The zero-order valence-electron chi connectivity index (χ0n) is 19.2. The highest BCUT2D eigenvalue weighted by Gasteiger charge is 2.29. The second kappa shape index (κ2) is 11.1. The summed E-state index contributed by atoms with van der Waals surface area (Å²) in [6, 6.07) is 13.4. The Kier molecular flexibility index (Phi) is 8.25. The van der Waals surface area contributed by atoms with Crippen molar-refractivity contribution in [3.05, 3.63) is 54.1 Å². The predicted molar refractivity (Wildman–Crippen MR) is 124 cm³/mol. The number of piperidine rings is 1. The largest absolute Gasteiger partial charge is 0.435 e. The standard InChI is InChI=1S/C25H31F2N3O3/c1-16(2)17(3)28-23(31)18-12-14-30(15-13-18)24(32)21-6-4-5-7-22(21)29-19-8-10-20(11-9-19)33-25(26)27/h4-11,16-18,25,29H,12-15H2,1-3H3,(H,28,31). The van der Waals surface area contributed by atoms with Gasteiger partial charge in [0.2, 0.25) is 5.91 Å². The average molecular weight is 460 g/mol. The van der Waals surface area contributed by atoms with Crippen LogP contribution in [0.25, 0.3) is 0 Å². The van der Waals surface area contributed by atoms with E-state index in [0.717, 1.165) is 0 Å². The Morgan fingerprint density at radius 2 is 1.64 bits per heavy atom. The molecule has 1 heterocycles. The third kappa shape index (κ3) is 6.66. The first kappa shape index (κ1) is 24.5. The van der Waals surface area contributed by atoms with Gasteiger partial charge < -0.3 is 20.3 Å². The first-order valence-electron chi connectivity index (χ1n) is 11.2. The van der Waals surface area contributed by atoms with Crippen molar-refractivity contribution in [3.63, 3.8) is 0 Å². The predicted octanol–water partition coefficient (Wildman–Crippen LogP) is 5.04.